The summed E-state index contributed by atoms with van der Waals surface area (Å²) in [6, 6.07) is 8.86. The lowest BCUT2D eigenvalue weighted by molar-refractivity contribution is -0.122. The number of likely N-dealkylation sites (N-methyl/N-ethyl adjacent to an activating group) is 1. The van der Waals surface area contributed by atoms with Crippen molar-refractivity contribution in [3.8, 4) is 0 Å². The highest BCUT2D eigenvalue weighted by molar-refractivity contribution is 5.78. The van der Waals surface area contributed by atoms with Gasteiger partial charge in [-0.15, -0.1) is 0 Å². The molecular weight excluding hydrogens is 212 g/mol. The maximum absolute atomic E-state index is 11.6. The van der Waals surface area contributed by atoms with Crippen LogP contribution in [-0.4, -0.2) is 30.4 Å². The molecule has 1 aliphatic carbocycles. The van der Waals surface area contributed by atoms with Crippen LogP contribution in [-0.2, 0) is 11.3 Å². The Hall–Kier alpha value is -1.35. The zero-order valence-electron chi connectivity index (χ0n) is 10.6. The van der Waals surface area contributed by atoms with Crippen LogP contribution in [0.2, 0.25) is 0 Å². The highest BCUT2D eigenvalue weighted by atomic mass is 16.2. The van der Waals surface area contributed by atoms with Gasteiger partial charge < -0.3 is 5.32 Å². The Morgan fingerprint density at radius 3 is 2.88 bits per heavy atom. The number of benzene rings is 1. The van der Waals surface area contributed by atoms with Crippen molar-refractivity contribution in [2.45, 2.75) is 32.4 Å². The third-order valence-corrected chi connectivity index (χ3v) is 2.89. The third-order valence-electron chi connectivity index (χ3n) is 2.89. The first-order chi connectivity index (χ1) is 8.13. The van der Waals surface area contributed by atoms with Crippen LogP contribution in [0.25, 0.3) is 0 Å². The van der Waals surface area contributed by atoms with Crippen LogP contribution in [0.5, 0.6) is 0 Å². The van der Waals surface area contributed by atoms with Crippen LogP contribution in [0.1, 0.15) is 24.0 Å². The fourth-order valence-electron chi connectivity index (χ4n) is 1.92. The minimum absolute atomic E-state index is 0.141. The van der Waals surface area contributed by atoms with E-state index in [0.29, 0.717) is 12.6 Å². The minimum Gasteiger partial charge on any atom is -0.352 e. The highest BCUT2D eigenvalue weighted by Crippen LogP contribution is 2.18. The van der Waals surface area contributed by atoms with Crippen molar-refractivity contribution >= 4 is 5.91 Å². The summed E-state index contributed by atoms with van der Waals surface area (Å²) in [5.74, 6) is 0.141. The highest BCUT2D eigenvalue weighted by Gasteiger charge is 2.23. The van der Waals surface area contributed by atoms with E-state index in [4.69, 9.17) is 0 Å². The first kappa shape index (κ1) is 12.1. The van der Waals surface area contributed by atoms with Gasteiger partial charge in [-0.3, -0.25) is 9.69 Å². The quantitative estimate of drug-likeness (QED) is 0.838. The number of hydrogen-bond donors (Lipinski definition) is 1. The van der Waals surface area contributed by atoms with Crippen molar-refractivity contribution in [2.24, 2.45) is 0 Å². The number of rotatable bonds is 5. The zero-order chi connectivity index (χ0) is 12.3. The van der Waals surface area contributed by atoms with Gasteiger partial charge >= 0.3 is 0 Å². The molecule has 0 saturated heterocycles. The second-order valence-electron chi connectivity index (χ2n) is 5.00. The lowest BCUT2D eigenvalue weighted by Crippen LogP contribution is -2.35. The number of nitrogens with one attached hydrogen (secondary N) is 1. The molecule has 0 aromatic heterocycles. The average Bonchev–Trinajstić information content (AvgIpc) is 3.00. The Balaban J connectivity index is 1.79. The van der Waals surface area contributed by atoms with Gasteiger partial charge in [0.25, 0.3) is 0 Å². The molecule has 2 rings (SSSR count). The molecule has 0 atom stereocenters. The molecule has 17 heavy (non-hydrogen) atoms. The van der Waals surface area contributed by atoms with Gasteiger partial charge in [0.1, 0.15) is 0 Å². The molecule has 1 aromatic rings. The smallest absolute Gasteiger partial charge is 0.234 e. The van der Waals surface area contributed by atoms with Gasteiger partial charge in [0.15, 0.2) is 0 Å². The predicted octanol–water partition coefficient (Wildman–Crippen LogP) is 1.71. The SMILES string of the molecule is Cc1cccc(CN(C)CC(=O)NC2CC2)c1. The van der Waals surface area contributed by atoms with Gasteiger partial charge in [0.05, 0.1) is 6.54 Å². The van der Waals surface area contributed by atoms with Gasteiger partial charge in [0, 0.05) is 12.6 Å². The second kappa shape index (κ2) is 5.32. The Morgan fingerprint density at radius 2 is 2.24 bits per heavy atom. The lowest BCUT2D eigenvalue weighted by Gasteiger charge is -2.16. The Labute approximate surface area is 103 Å². The van der Waals surface area contributed by atoms with E-state index < -0.39 is 0 Å². The summed E-state index contributed by atoms with van der Waals surface area (Å²) < 4.78 is 0. The molecule has 0 radical (unpaired) electrons. The van der Waals surface area contributed by atoms with Gasteiger partial charge in [0.2, 0.25) is 5.91 Å². The molecule has 0 bridgehead atoms. The lowest BCUT2D eigenvalue weighted by atomic mass is 10.1. The number of carbonyl (C=O) groups excluding carboxylic acids is 1. The first-order valence-electron chi connectivity index (χ1n) is 6.17. The Bertz CT molecular complexity index is 399. The molecule has 1 N–H and O–H groups in total. The zero-order valence-corrected chi connectivity index (χ0v) is 10.6. The maximum Gasteiger partial charge on any atom is 0.234 e. The van der Waals surface area contributed by atoms with Crippen molar-refractivity contribution in [1.29, 1.82) is 0 Å². The molecule has 0 unspecified atom stereocenters. The fraction of sp³-hybridized carbons (Fsp3) is 0.500. The van der Waals surface area contributed by atoms with Crippen molar-refractivity contribution < 1.29 is 4.79 Å². The van der Waals surface area contributed by atoms with Gasteiger partial charge in [-0.1, -0.05) is 29.8 Å². The van der Waals surface area contributed by atoms with E-state index in [1.807, 2.05) is 11.9 Å². The molecule has 92 valence electrons. The van der Waals surface area contributed by atoms with Crippen molar-refractivity contribution in [1.82, 2.24) is 10.2 Å². The molecule has 1 saturated carbocycles. The Kier molecular flexibility index (Phi) is 3.79. The molecule has 1 fully saturated rings. The van der Waals surface area contributed by atoms with Crippen LogP contribution < -0.4 is 5.32 Å². The maximum atomic E-state index is 11.6. The fourth-order valence-corrected chi connectivity index (χ4v) is 1.92. The summed E-state index contributed by atoms with van der Waals surface area (Å²) >= 11 is 0. The molecule has 1 aliphatic rings. The van der Waals surface area contributed by atoms with Crippen LogP contribution >= 0.6 is 0 Å². The number of nitrogens with zero attached hydrogens (tertiary/aromatic N) is 1. The minimum atomic E-state index is 0.141. The summed E-state index contributed by atoms with van der Waals surface area (Å²) in [7, 11) is 1.98. The predicted molar refractivity (Wildman–Crippen MR) is 68.7 cm³/mol. The molecule has 0 heterocycles. The summed E-state index contributed by atoms with van der Waals surface area (Å²) in [5, 5.41) is 3.00. The van der Waals surface area contributed by atoms with Crippen LogP contribution in [0.3, 0.4) is 0 Å². The van der Waals surface area contributed by atoms with E-state index in [2.05, 4.69) is 36.5 Å². The third kappa shape index (κ3) is 4.19. The number of carbonyl (C=O) groups is 1. The summed E-state index contributed by atoms with van der Waals surface area (Å²) in [6.45, 7) is 3.38. The average molecular weight is 232 g/mol. The molecular formula is C14H20N2O. The van der Waals surface area contributed by atoms with Crippen molar-refractivity contribution in [3.05, 3.63) is 35.4 Å². The number of hydrogen-bond acceptors (Lipinski definition) is 2. The van der Waals surface area contributed by atoms with E-state index in [1.165, 1.54) is 11.1 Å². The standard InChI is InChI=1S/C14H20N2O/c1-11-4-3-5-12(8-11)9-16(2)10-14(17)15-13-6-7-13/h3-5,8,13H,6-7,9-10H2,1-2H3,(H,15,17). The molecule has 1 amide bonds. The first-order valence-corrected chi connectivity index (χ1v) is 6.17. The van der Waals surface area contributed by atoms with Crippen molar-refractivity contribution in [2.75, 3.05) is 13.6 Å². The van der Waals surface area contributed by atoms with Crippen molar-refractivity contribution in [3.63, 3.8) is 0 Å². The van der Waals surface area contributed by atoms with Crippen LogP contribution in [0.15, 0.2) is 24.3 Å². The van der Waals surface area contributed by atoms with Gasteiger partial charge in [-0.25, -0.2) is 0 Å². The molecule has 1 aromatic carbocycles. The second-order valence-corrected chi connectivity index (χ2v) is 5.00. The van der Waals surface area contributed by atoms with E-state index in [9.17, 15) is 4.79 Å². The van der Waals surface area contributed by atoms with Gasteiger partial charge in [-0.2, -0.15) is 0 Å². The molecule has 3 nitrogen and oxygen atoms in total. The van der Waals surface area contributed by atoms with Gasteiger partial charge in [-0.05, 0) is 32.4 Å². The van der Waals surface area contributed by atoms with E-state index in [1.54, 1.807) is 0 Å². The number of aryl methyl sites for hydroxylation is 1. The summed E-state index contributed by atoms with van der Waals surface area (Å²) in [4.78, 5) is 13.7. The summed E-state index contributed by atoms with van der Waals surface area (Å²) in [5.41, 5.74) is 2.52. The van der Waals surface area contributed by atoms with Crippen LogP contribution in [0.4, 0.5) is 0 Å². The normalized spacial score (nSPS) is 15.0. The number of amides is 1. The molecule has 0 aliphatic heterocycles. The largest absolute Gasteiger partial charge is 0.352 e. The van der Waals surface area contributed by atoms with E-state index in [0.717, 1.165) is 19.4 Å². The van der Waals surface area contributed by atoms with E-state index >= 15 is 0 Å². The molecule has 0 spiro atoms. The summed E-state index contributed by atoms with van der Waals surface area (Å²) in [6.07, 6.45) is 2.29. The van der Waals surface area contributed by atoms with Crippen LogP contribution in [0, 0.1) is 6.92 Å². The topological polar surface area (TPSA) is 32.3 Å². The monoisotopic (exact) mass is 232 g/mol. The molecule has 3 heteroatoms. The Morgan fingerprint density at radius 1 is 1.47 bits per heavy atom. The van der Waals surface area contributed by atoms with E-state index in [-0.39, 0.29) is 5.91 Å².